The number of amides is 1. The maximum atomic E-state index is 12.2. The van der Waals surface area contributed by atoms with Crippen molar-refractivity contribution in [1.82, 2.24) is 14.9 Å². The quantitative estimate of drug-likeness (QED) is 0.531. The minimum atomic E-state index is -0.488. The van der Waals surface area contributed by atoms with Gasteiger partial charge in [0.05, 0.1) is 36.0 Å². The van der Waals surface area contributed by atoms with Gasteiger partial charge in [0.25, 0.3) is 5.91 Å². The van der Waals surface area contributed by atoms with Crippen molar-refractivity contribution in [3.05, 3.63) is 30.5 Å². The van der Waals surface area contributed by atoms with Crippen LogP contribution >= 0.6 is 11.8 Å². The zero-order chi connectivity index (χ0) is 19.9. The van der Waals surface area contributed by atoms with E-state index in [1.807, 2.05) is 24.3 Å². The molecule has 0 radical (unpaired) electrons. The number of aromatic nitrogens is 2. The number of carbonyl (C=O) groups excluding carboxylic acids is 3. The molecule has 1 aliphatic heterocycles. The van der Waals surface area contributed by atoms with Gasteiger partial charge in [-0.2, -0.15) is 0 Å². The van der Waals surface area contributed by atoms with Gasteiger partial charge in [-0.25, -0.2) is 4.98 Å². The van der Waals surface area contributed by atoms with E-state index in [-0.39, 0.29) is 30.2 Å². The van der Waals surface area contributed by atoms with E-state index >= 15 is 0 Å². The summed E-state index contributed by atoms with van der Waals surface area (Å²) in [6, 6.07) is 7.48. The smallest absolute Gasteiger partial charge is 0.316 e. The van der Waals surface area contributed by atoms with E-state index in [0.717, 1.165) is 11.0 Å². The van der Waals surface area contributed by atoms with Crippen LogP contribution in [-0.4, -0.2) is 65.3 Å². The highest BCUT2D eigenvalue weighted by Gasteiger charge is 2.28. The summed E-state index contributed by atoms with van der Waals surface area (Å²) >= 11 is 1.21. The van der Waals surface area contributed by atoms with Crippen molar-refractivity contribution in [2.45, 2.75) is 17.9 Å². The monoisotopic (exact) mass is 403 g/mol. The third-order valence-corrected chi connectivity index (χ3v) is 5.38. The summed E-state index contributed by atoms with van der Waals surface area (Å²) in [6.45, 7) is 0.612. The molecule has 9 heteroatoms. The van der Waals surface area contributed by atoms with Crippen LogP contribution in [0.15, 0.2) is 35.5 Å². The lowest BCUT2D eigenvalue weighted by atomic mass is 9.97. The lowest BCUT2D eigenvalue weighted by molar-refractivity contribution is -0.152. The maximum absolute atomic E-state index is 12.2. The Hall–Kier alpha value is -2.68. The van der Waals surface area contributed by atoms with E-state index < -0.39 is 5.97 Å². The third kappa shape index (κ3) is 5.19. The van der Waals surface area contributed by atoms with Crippen LogP contribution < -0.4 is 0 Å². The van der Waals surface area contributed by atoms with Gasteiger partial charge in [0.15, 0.2) is 6.61 Å². The van der Waals surface area contributed by atoms with Gasteiger partial charge in [0.1, 0.15) is 5.03 Å². The maximum Gasteiger partial charge on any atom is 0.316 e. The topological polar surface area (TPSA) is 98.7 Å². The molecule has 1 saturated heterocycles. The summed E-state index contributed by atoms with van der Waals surface area (Å²) in [7, 11) is 1.36. The number of piperidine rings is 1. The molecule has 0 atom stereocenters. The summed E-state index contributed by atoms with van der Waals surface area (Å²) < 4.78 is 9.80. The Labute approximate surface area is 166 Å². The molecular formula is C19H21N3O5S. The second-order valence-corrected chi connectivity index (χ2v) is 7.32. The van der Waals surface area contributed by atoms with Gasteiger partial charge in [0.2, 0.25) is 0 Å². The van der Waals surface area contributed by atoms with Crippen LogP contribution in [0.4, 0.5) is 0 Å². The van der Waals surface area contributed by atoms with Gasteiger partial charge < -0.3 is 14.4 Å². The number of hydrogen-bond acceptors (Lipinski definition) is 8. The molecule has 0 aliphatic carbocycles. The second kappa shape index (κ2) is 9.50. The molecular weight excluding hydrogens is 382 g/mol. The number of esters is 2. The van der Waals surface area contributed by atoms with Gasteiger partial charge in [-0.3, -0.25) is 19.4 Å². The number of rotatable bonds is 6. The first-order valence-electron chi connectivity index (χ1n) is 8.92. The lowest BCUT2D eigenvalue weighted by Crippen LogP contribution is -2.42. The summed E-state index contributed by atoms with van der Waals surface area (Å²) in [5.74, 6) is -1.11. The minimum Gasteiger partial charge on any atom is -0.469 e. The Morgan fingerprint density at radius 1 is 1.18 bits per heavy atom. The Morgan fingerprint density at radius 3 is 2.61 bits per heavy atom. The Morgan fingerprint density at radius 2 is 1.89 bits per heavy atom. The van der Waals surface area contributed by atoms with Crippen molar-refractivity contribution in [1.29, 1.82) is 0 Å². The van der Waals surface area contributed by atoms with E-state index in [4.69, 9.17) is 9.47 Å². The standard InChI is InChI=1S/C19H21N3O5S/c1-26-19(25)13-6-8-22(9-7-13)17(23)11-27-18(24)12-28-16-10-20-14-4-2-3-5-15(14)21-16/h2-5,10,13H,6-9,11-12H2,1H3. The summed E-state index contributed by atoms with van der Waals surface area (Å²) in [6.07, 6.45) is 2.72. The van der Waals surface area contributed by atoms with Crippen LogP contribution in [0.3, 0.4) is 0 Å². The highest BCUT2D eigenvalue weighted by atomic mass is 32.2. The number of benzene rings is 1. The van der Waals surface area contributed by atoms with Gasteiger partial charge >= 0.3 is 11.9 Å². The van der Waals surface area contributed by atoms with Gasteiger partial charge in [0, 0.05) is 13.1 Å². The van der Waals surface area contributed by atoms with Gasteiger partial charge in [-0.15, -0.1) is 0 Å². The number of fused-ring (bicyclic) bond motifs is 1. The number of nitrogens with zero attached hydrogens (tertiary/aromatic N) is 3. The predicted octanol–water partition coefficient (Wildman–Crippen LogP) is 1.68. The first-order valence-corrected chi connectivity index (χ1v) is 9.91. The second-order valence-electron chi connectivity index (χ2n) is 6.32. The number of ether oxygens (including phenoxy) is 2. The molecule has 148 valence electrons. The molecule has 28 heavy (non-hydrogen) atoms. The molecule has 1 aromatic heterocycles. The average molecular weight is 403 g/mol. The first-order chi connectivity index (χ1) is 13.6. The van der Waals surface area contributed by atoms with Crippen LogP contribution in [0, 0.1) is 5.92 Å². The molecule has 0 bridgehead atoms. The fourth-order valence-corrected chi connectivity index (χ4v) is 3.59. The van der Waals surface area contributed by atoms with E-state index in [0.29, 0.717) is 31.0 Å². The molecule has 1 amide bonds. The largest absolute Gasteiger partial charge is 0.469 e. The fraction of sp³-hybridized carbons (Fsp3) is 0.421. The zero-order valence-corrected chi connectivity index (χ0v) is 16.3. The number of methoxy groups -OCH3 is 1. The van der Waals surface area contributed by atoms with Crippen molar-refractivity contribution in [2.24, 2.45) is 5.92 Å². The Kier molecular flexibility index (Phi) is 6.80. The van der Waals surface area contributed by atoms with Crippen molar-refractivity contribution < 1.29 is 23.9 Å². The van der Waals surface area contributed by atoms with E-state index in [2.05, 4.69) is 9.97 Å². The highest BCUT2D eigenvalue weighted by Crippen LogP contribution is 2.19. The highest BCUT2D eigenvalue weighted by molar-refractivity contribution is 7.99. The predicted molar refractivity (Wildman–Crippen MR) is 103 cm³/mol. The third-order valence-electron chi connectivity index (χ3n) is 4.50. The first kappa shape index (κ1) is 20.1. The minimum absolute atomic E-state index is 0.0463. The molecule has 1 aromatic carbocycles. The van der Waals surface area contributed by atoms with Crippen LogP contribution in [0.5, 0.6) is 0 Å². The van der Waals surface area contributed by atoms with E-state index in [1.165, 1.54) is 18.9 Å². The molecule has 0 saturated carbocycles. The normalized spacial score (nSPS) is 14.7. The van der Waals surface area contributed by atoms with Gasteiger partial charge in [-0.05, 0) is 25.0 Å². The molecule has 8 nitrogen and oxygen atoms in total. The average Bonchev–Trinajstić information content (AvgIpc) is 2.75. The van der Waals surface area contributed by atoms with Crippen LogP contribution in [0.2, 0.25) is 0 Å². The van der Waals surface area contributed by atoms with Crippen molar-refractivity contribution in [2.75, 3.05) is 32.6 Å². The van der Waals surface area contributed by atoms with Crippen molar-refractivity contribution in [3.8, 4) is 0 Å². The molecule has 2 aromatic rings. The van der Waals surface area contributed by atoms with Crippen molar-refractivity contribution >= 4 is 40.6 Å². The summed E-state index contributed by atoms with van der Waals surface area (Å²) in [4.78, 5) is 45.9. The SMILES string of the molecule is COC(=O)C1CCN(C(=O)COC(=O)CSc2cnc3ccccc3n2)CC1. The van der Waals surface area contributed by atoms with Crippen molar-refractivity contribution in [3.63, 3.8) is 0 Å². The Balaban J connectivity index is 1.40. The molecule has 1 aliphatic rings. The molecule has 2 heterocycles. The summed E-state index contributed by atoms with van der Waals surface area (Å²) in [5, 5.41) is 0.617. The number of carbonyl (C=O) groups is 3. The fourth-order valence-electron chi connectivity index (χ4n) is 2.95. The summed E-state index contributed by atoms with van der Waals surface area (Å²) in [5.41, 5.74) is 1.54. The van der Waals surface area contributed by atoms with E-state index in [1.54, 1.807) is 11.1 Å². The lowest BCUT2D eigenvalue weighted by Gasteiger charge is -2.30. The molecule has 0 unspecified atom stereocenters. The van der Waals surface area contributed by atoms with E-state index in [9.17, 15) is 14.4 Å². The molecule has 1 fully saturated rings. The molecule has 3 rings (SSSR count). The molecule has 0 N–H and O–H groups in total. The number of thioether (sulfide) groups is 1. The number of para-hydroxylation sites is 2. The van der Waals surface area contributed by atoms with Gasteiger partial charge in [-0.1, -0.05) is 23.9 Å². The molecule has 0 spiro atoms. The zero-order valence-electron chi connectivity index (χ0n) is 15.5. The Bertz CT molecular complexity index is 868. The van der Waals surface area contributed by atoms with Crippen LogP contribution in [-0.2, 0) is 23.9 Å². The van der Waals surface area contributed by atoms with Crippen LogP contribution in [0.25, 0.3) is 11.0 Å². The van der Waals surface area contributed by atoms with Crippen LogP contribution in [0.1, 0.15) is 12.8 Å². The number of likely N-dealkylation sites (tertiary alicyclic amines) is 1. The number of hydrogen-bond donors (Lipinski definition) is 0.